The van der Waals surface area contributed by atoms with Gasteiger partial charge in [0.05, 0.1) is 7.11 Å². The van der Waals surface area contributed by atoms with Crippen LogP contribution in [-0.4, -0.2) is 296 Å². The number of nitrogens with one attached hydrogen (secondary N) is 3. The van der Waals surface area contributed by atoms with Gasteiger partial charge in [-0.1, -0.05) is 76.2 Å². The number of carbonyl (C=O) groups is 7. The molecule has 5 aliphatic heterocycles. The fraction of sp³-hybridized carbons (Fsp3) is 0.904. The Labute approximate surface area is 586 Å². The smallest absolute Gasteiger partial charge is 0.410 e. The standard InChI is InChI=1S/C15H30N4O.C14H27N3O3.C11H21N3O3.C11H22N2O.C11H23NO.C11H25N/c1-15(2,3)16-14(20)19-11-9-18(10-12-19)13-5-7-17(4)8-6-13;1-13(2,3)15-11(18)16-7-9-17(10-8-16)12(19)20-14(4,5)6;1-11(2,3)12-9(15)13-5-7-14(8-6-13)10(16)17-4;1-11(2,3)9-10(14)13-7-5-12(4)6-8-13;1-6-12(7-2)10(13)8-9-11(3,4)5;1-6-12(7-2)10-8-9-11(3,4)5/h13H,5-12H2,1-4H3,(H,16,20);7-10H2,1-6H3,(H,15,18);5-8H2,1-4H3,(H,12,15);5-9H2,1-4H3;6-9H2,1-5H3;6-10H2,1-5H3. The molecule has 23 nitrogen and oxygen atoms in total. The molecular weight excluding hydrogens is 1220 g/mol. The fourth-order valence-electron chi connectivity index (χ4n) is 10.7. The zero-order chi connectivity index (χ0) is 74.2. The number of hydrogen-bond donors (Lipinski definition) is 3. The molecule has 0 aromatic rings. The molecule has 0 unspecified atom stereocenters. The molecule has 0 bridgehead atoms. The molecule has 5 fully saturated rings. The van der Waals surface area contributed by atoms with Gasteiger partial charge in [0.25, 0.3) is 0 Å². The Morgan fingerprint density at radius 2 is 0.760 bits per heavy atom. The Bertz CT molecular complexity index is 2180. The predicted octanol–water partition coefficient (Wildman–Crippen LogP) is 11.2. The summed E-state index contributed by atoms with van der Waals surface area (Å²) in [6.07, 6.45) is 6.89. The quantitative estimate of drug-likeness (QED) is 0.176. The lowest BCUT2D eigenvalue weighted by molar-refractivity contribution is -0.134. The van der Waals surface area contributed by atoms with E-state index in [0.29, 0.717) is 82.4 Å². The Hall–Kier alpha value is -4.87. The van der Waals surface area contributed by atoms with Crippen molar-refractivity contribution in [3.63, 3.8) is 0 Å². The Balaban J connectivity index is 0.00000114. The molecule has 5 saturated heterocycles. The number of urea groups is 3. The first-order valence-electron chi connectivity index (χ1n) is 36.4. The first kappa shape index (κ1) is 91.1. The zero-order valence-corrected chi connectivity index (χ0v) is 66.9. The molecule has 96 heavy (non-hydrogen) atoms. The molecular formula is C73H148N14O9. The van der Waals surface area contributed by atoms with Gasteiger partial charge in [-0.15, -0.1) is 0 Å². The van der Waals surface area contributed by atoms with Gasteiger partial charge in [-0.05, 0) is 192 Å². The molecule has 0 spiro atoms. The molecule has 0 atom stereocenters. The SMILES string of the molecule is CC(C)(C)NC(=O)N1CCN(C(=O)OC(C)(C)C)CC1.CCN(CC)C(=O)CCC(C)(C)C.CCN(CC)CCCC(C)(C)C.CN1CCC(N2CCN(C(=O)NC(C)(C)C)CC2)CC1.CN1CCN(C(=O)CC(C)(C)C)CC1.COC(=O)N1CCN(C(=O)NC(C)(C)C)CC1. The van der Waals surface area contributed by atoms with E-state index in [2.05, 4.69) is 131 Å². The highest BCUT2D eigenvalue weighted by Gasteiger charge is 2.32. The van der Waals surface area contributed by atoms with Gasteiger partial charge >= 0.3 is 30.3 Å². The van der Waals surface area contributed by atoms with Crippen LogP contribution < -0.4 is 16.0 Å². The van der Waals surface area contributed by atoms with Crippen LogP contribution in [0.2, 0.25) is 0 Å². The van der Waals surface area contributed by atoms with Crippen molar-refractivity contribution in [2.24, 2.45) is 16.2 Å². The average molecular weight is 1370 g/mol. The summed E-state index contributed by atoms with van der Waals surface area (Å²) in [5, 5.41) is 8.87. The molecule has 0 saturated carbocycles. The summed E-state index contributed by atoms with van der Waals surface area (Å²) in [7, 11) is 5.66. The zero-order valence-electron chi connectivity index (χ0n) is 66.9. The topological polar surface area (TPSA) is 210 Å². The van der Waals surface area contributed by atoms with Gasteiger partial charge in [0.15, 0.2) is 0 Å². The number of methoxy groups -OCH3 is 1. The lowest BCUT2D eigenvalue weighted by Gasteiger charge is -2.42. The predicted molar refractivity (Wildman–Crippen MR) is 395 cm³/mol. The molecule has 564 valence electrons. The van der Waals surface area contributed by atoms with Gasteiger partial charge in [0.1, 0.15) is 5.60 Å². The summed E-state index contributed by atoms with van der Waals surface area (Å²) in [5.41, 5.74) is -0.244. The van der Waals surface area contributed by atoms with Crippen molar-refractivity contribution < 1.29 is 43.0 Å². The van der Waals surface area contributed by atoms with Crippen LogP contribution in [0.5, 0.6) is 0 Å². The third-order valence-electron chi connectivity index (χ3n) is 16.5. The number of piperazine rings is 4. The summed E-state index contributed by atoms with van der Waals surface area (Å²) in [4.78, 5) is 105. The number of rotatable bonds is 11. The minimum atomic E-state index is -0.488. The second-order valence-corrected chi connectivity index (χ2v) is 34.2. The molecule has 0 aromatic heterocycles. The molecule has 5 heterocycles. The molecule has 5 rings (SSSR count). The van der Waals surface area contributed by atoms with Crippen molar-refractivity contribution in [3.05, 3.63) is 0 Å². The monoisotopic (exact) mass is 1370 g/mol. The maximum atomic E-state index is 12.1. The van der Waals surface area contributed by atoms with Gasteiger partial charge in [0.2, 0.25) is 11.8 Å². The van der Waals surface area contributed by atoms with Crippen LogP contribution >= 0.6 is 0 Å². The molecule has 0 aliphatic carbocycles. The van der Waals surface area contributed by atoms with E-state index in [0.717, 1.165) is 77.9 Å². The van der Waals surface area contributed by atoms with Crippen molar-refractivity contribution >= 4 is 42.1 Å². The summed E-state index contributed by atoms with van der Waals surface area (Å²) < 4.78 is 9.96. The normalized spacial score (nSPS) is 17.5. The summed E-state index contributed by atoms with van der Waals surface area (Å²) in [6, 6.07) is 0.642. The minimum absolute atomic E-state index is 0.0815. The fourth-order valence-corrected chi connectivity index (χ4v) is 10.7. The third-order valence-corrected chi connectivity index (χ3v) is 16.5. The van der Waals surface area contributed by atoms with Gasteiger partial charge in [-0.3, -0.25) is 14.5 Å². The number of hydrogen-bond acceptors (Lipinski definition) is 13. The number of nitrogens with zero attached hydrogens (tertiary/aromatic N) is 11. The van der Waals surface area contributed by atoms with Crippen molar-refractivity contribution in [1.29, 1.82) is 0 Å². The van der Waals surface area contributed by atoms with E-state index < -0.39 is 5.60 Å². The van der Waals surface area contributed by atoms with E-state index in [1.165, 1.54) is 65.5 Å². The highest BCUT2D eigenvalue weighted by atomic mass is 16.6. The molecule has 10 amide bonds. The minimum Gasteiger partial charge on any atom is -0.453 e. The second kappa shape index (κ2) is 42.9. The summed E-state index contributed by atoms with van der Waals surface area (Å²) in [6.45, 7) is 71.1. The van der Waals surface area contributed by atoms with E-state index in [4.69, 9.17) is 4.74 Å². The van der Waals surface area contributed by atoms with Crippen molar-refractivity contribution in [2.45, 2.75) is 246 Å². The van der Waals surface area contributed by atoms with Crippen LogP contribution in [0.25, 0.3) is 0 Å². The van der Waals surface area contributed by atoms with Crippen LogP contribution in [0, 0.1) is 16.2 Å². The molecule has 5 aliphatic rings. The Morgan fingerprint density at radius 1 is 0.417 bits per heavy atom. The Kier molecular flexibility index (Phi) is 40.8. The van der Waals surface area contributed by atoms with Crippen LogP contribution in [0.4, 0.5) is 24.0 Å². The second-order valence-electron chi connectivity index (χ2n) is 34.2. The van der Waals surface area contributed by atoms with Crippen molar-refractivity contribution in [3.8, 4) is 0 Å². The molecule has 3 N–H and O–H groups in total. The Morgan fingerprint density at radius 3 is 1.08 bits per heavy atom. The van der Waals surface area contributed by atoms with Gasteiger partial charge < -0.3 is 74.4 Å². The van der Waals surface area contributed by atoms with Gasteiger partial charge in [0, 0.05) is 153 Å². The van der Waals surface area contributed by atoms with Crippen LogP contribution in [0.1, 0.15) is 218 Å². The van der Waals surface area contributed by atoms with E-state index in [1.54, 1.807) is 19.6 Å². The largest absolute Gasteiger partial charge is 0.453 e. The highest BCUT2D eigenvalue weighted by molar-refractivity contribution is 5.78. The van der Waals surface area contributed by atoms with E-state index in [9.17, 15) is 33.6 Å². The molecule has 0 aromatic carbocycles. The number of likely N-dealkylation sites (tertiary alicyclic amines) is 1. The number of carbonyl (C=O) groups excluding carboxylic acids is 7. The van der Waals surface area contributed by atoms with Crippen LogP contribution in [0.15, 0.2) is 0 Å². The maximum absolute atomic E-state index is 12.1. The summed E-state index contributed by atoms with van der Waals surface area (Å²) in [5.74, 6) is 0.602. The molecule has 23 heteroatoms. The first-order chi connectivity index (χ1) is 43.9. The number of likely N-dealkylation sites (N-methyl/N-ethyl adjacent to an activating group) is 1. The first-order valence-corrected chi connectivity index (χ1v) is 36.4. The van der Waals surface area contributed by atoms with Gasteiger partial charge in [-0.25, -0.2) is 24.0 Å². The maximum Gasteiger partial charge on any atom is 0.410 e. The van der Waals surface area contributed by atoms with Crippen molar-refractivity contribution in [2.75, 3.05) is 172 Å². The lowest BCUT2D eigenvalue weighted by Crippen LogP contribution is -2.57. The summed E-state index contributed by atoms with van der Waals surface area (Å²) >= 11 is 0. The average Bonchev–Trinajstić information content (AvgIpc) is 0.919. The number of piperidine rings is 1. The van der Waals surface area contributed by atoms with Gasteiger partial charge in [-0.2, -0.15) is 0 Å². The van der Waals surface area contributed by atoms with Crippen LogP contribution in [0.3, 0.4) is 0 Å². The highest BCUT2D eigenvalue weighted by Crippen LogP contribution is 2.24. The third kappa shape index (κ3) is 44.2. The van der Waals surface area contributed by atoms with Crippen LogP contribution in [-0.2, 0) is 19.1 Å². The number of ether oxygens (including phenoxy) is 2. The van der Waals surface area contributed by atoms with E-state index in [1.807, 2.05) is 112 Å². The van der Waals surface area contributed by atoms with E-state index >= 15 is 0 Å². The lowest BCUT2D eigenvalue weighted by atomic mass is 9.90. The van der Waals surface area contributed by atoms with E-state index in [-0.39, 0.29) is 57.7 Å². The number of amides is 10. The van der Waals surface area contributed by atoms with Crippen molar-refractivity contribution in [1.82, 2.24) is 69.8 Å². The molecule has 0 radical (unpaired) electrons.